The number of rotatable bonds is 4. The van der Waals surface area contributed by atoms with Crippen molar-refractivity contribution in [1.29, 1.82) is 0 Å². The molecule has 0 amide bonds. The zero-order valence-corrected chi connectivity index (χ0v) is 12.7. The molecule has 94 valence electrons. The lowest BCUT2D eigenvalue weighted by Gasteiger charge is -2.01. The van der Waals surface area contributed by atoms with Crippen molar-refractivity contribution >= 4 is 34.2 Å². The Morgan fingerprint density at radius 2 is 2.11 bits per heavy atom. The van der Waals surface area contributed by atoms with E-state index in [1.54, 1.807) is 4.68 Å². The van der Waals surface area contributed by atoms with Gasteiger partial charge in [-0.05, 0) is 63.4 Å². The highest BCUT2D eigenvalue weighted by Gasteiger charge is 2.01. The van der Waals surface area contributed by atoms with Gasteiger partial charge in [0, 0.05) is 17.3 Å². The minimum absolute atomic E-state index is 0.534. The Balaban J connectivity index is 2.06. The number of benzene rings is 1. The van der Waals surface area contributed by atoms with Gasteiger partial charge in [-0.2, -0.15) is 0 Å². The van der Waals surface area contributed by atoms with Crippen molar-refractivity contribution in [3.05, 3.63) is 51.2 Å². The third-order valence-electron chi connectivity index (χ3n) is 2.25. The zero-order chi connectivity index (χ0) is 13.0. The maximum atomic E-state index is 5.84. The molecule has 0 aliphatic heterocycles. The topological polar surface area (TPSA) is 27.1 Å². The summed E-state index contributed by atoms with van der Waals surface area (Å²) < 4.78 is 8.46. The first-order valence-electron chi connectivity index (χ1n) is 5.42. The molecule has 0 bridgehead atoms. The SMILES string of the molecule is CC(I)=CCOc1ccn(-c2ccc(Cl)cc2)n1. The molecule has 3 nitrogen and oxygen atoms in total. The molecule has 0 aliphatic rings. The van der Waals surface area contributed by atoms with Crippen LogP contribution in [0.5, 0.6) is 5.88 Å². The van der Waals surface area contributed by atoms with Crippen LogP contribution in [0.2, 0.25) is 5.02 Å². The molecule has 1 aromatic carbocycles. The van der Waals surface area contributed by atoms with Crippen LogP contribution in [0.1, 0.15) is 6.92 Å². The van der Waals surface area contributed by atoms with E-state index in [1.165, 1.54) is 3.58 Å². The average Bonchev–Trinajstić information content (AvgIpc) is 2.78. The summed E-state index contributed by atoms with van der Waals surface area (Å²) in [5.41, 5.74) is 0.954. The summed E-state index contributed by atoms with van der Waals surface area (Å²) in [7, 11) is 0. The van der Waals surface area contributed by atoms with E-state index in [0.29, 0.717) is 17.5 Å². The van der Waals surface area contributed by atoms with Gasteiger partial charge in [-0.25, -0.2) is 4.68 Å². The third kappa shape index (κ3) is 3.74. The highest BCUT2D eigenvalue weighted by Crippen LogP contribution is 2.15. The van der Waals surface area contributed by atoms with Crippen LogP contribution in [-0.4, -0.2) is 16.4 Å². The fourth-order valence-corrected chi connectivity index (χ4v) is 1.67. The van der Waals surface area contributed by atoms with Gasteiger partial charge >= 0.3 is 0 Å². The fourth-order valence-electron chi connectivity index (χ4n) is 1.36. The summed E-state index contributed by atoms with van der Waals surface area (Å²) in [6, 6.07) is 9.33. The minimum atomic E-state index is 0.534. The Labute approximate surface area is 125 Å². The van der Waals surface area contributed by atoms with Crippen LogP contribution in [0.25, 0.3) is 5.69 Å². The lowest BCUT2D eigenvalue weighted by molar-refractivity contribution is 0.345. The first-order valence-corrected chi connectivity index (χ1v) is 6.87. The third-order valence-corrected chi connectivity index (χ3v) is 2.94. The van der Waals surface area contributed by atoms with E-state index >= 15 is 0 Å². The summed E-state index contributed by atoms with van der Waals surface area (Å²) >= 11 is 8.09. The van der Waals surface area contributed by atoms with E-state index in [1.807, 2.05) is 49.5 Å². The summed E-state index contributed by atoms with van der Waals surface area (Å²) in [5.74, 6) is 0.610. The monoisotopic (exact) mass is 374 g/mol. The highest BCUT2D eigenvalue weighted by atomic mass is 127. The van der Waals surface area contributed by atoms with E-state index in [-0.39, 0.29) is 0 Å². The van der Waals surface area contributed by atoms with Crippen molar-refractivity contribution < 1.29 is 4.74 Å². The summed E-state index contributed by atoms with van der Waals surface area (Å²) in [6.45, 7) is 2.56. The molecule has 0 unspecified atom stereocenters. The molecule has 1 heterocycles. The van der Waals surface area contributed by atoms with Crippen LogP contribution >= 0.6 is 34.2 Å². The Morgan fingerprint density at radius 3 is 2.78 bits per heavy atom. The van der Waals surface area contributed by atoms with Crippen LogP contribution in [0, 0.1) is 0 Å². The maximum absolute atomic E-state index is 5.84. The number of hydrogen-bond donors (Lipinski definition) is 0. The molecule has 0 spiro atoms. The number of halogens is 2. The van der Waals surface area contributed by atoms with E-state index in [2.05, 4.69) is 27.7 Å². The first kappa shape index (κ1) is 13.4. The number of ether oxygens (including phenoxy) is 1. The van der Waals surface area contributed by atoms with Gasteiger partial charge in [0.1, 0.15) is 6.61 Å². The predicted molar refractivity (Wildman–Crippen MR) is 81.8 cm³/mol. The number of nitrogens with zero attached hydrogens (tertiary/aromatic N) is 2. The smallest absolute Gasteiger partial charge is 0.233 e. The van der Waals surface area contributed by atoms with Crippen molar-refractivity contribution in [2.75, 3.05) is 6.61 Å². The molecule has 0 aliphatic carbocycles. The second kappa shape index (κ2) is 6.24. The van der Waals surface area contributed by atoms with Gasteiger partial charge < -0.3 is 4.74 Å². The molecule has 0 saturated heterocycles. The second-order valence-electron chi connectivity index (χ2n) is 3.68. The first-order chi connectivity index (χ1) is 8.65. The van der Waals surface area contributed by atoms with Gasteiger partial charge in [-0.15, -0.1) is 5.10 Å². The Hall–Kier alpha value is -1.01. The van der Waals surface area contributed by atoms with Crippen molar-refractivity contribution in [1.82, 2.24) is 9.78 Å². The molecule has 0 N–H and O–H groups in total. The lowest BCUT2D eigenvalue weighted by Crippen LogP contribution is -1.97. The predicted octanol–water partition coefficient (Wildman–Crippen LogP) is 4.24. The van der Waals surface area contributed by atoms with Gasteiger partial charge in [-0.3, -0.25) is 0 Å². The molecule has 0 atom stereocenters. The molecule has 2 rings (SSSR count). The number of allylic oxidation sites excluding steroid dienone is 1. The van der Waals surface area contributed by atoms with E-state index in [9.17, 15) is 0 Å². The van der Waals surface area contributed by atoms with Crippen molar-refractivity contribution in [2.45, 2.75) is 6.92 Å². The van der Waals surface area contributed by atoms with Crippen molar-refractivity contribution in [3.63, 3.8) is 0 Å². The molecular formula is C13H12ClIN2O. The van der Waals surface area contributed by atoms with Crippen LogP contribution < -0.4 is 4.74 Å². The molecular weight excluding hydrogens is 363 g/mol. The second-order valence-corrected chi connectivity index (χ2v) is 5.81. The van der Waals surface area contributed by atoms with Gasteiger partial charge in [-0.1, -0.05) is 11.6 Å². The normalized spacial score (nSPS) is 11.6. The molecule has 0 saturated carbocycles. The van der Waals surface area contributed by atoms with Crippen molar-refractivity contribution in [2.24, 2.45) is 0 Å². The van der Waals surface area contributed by atoms with Crippen LogP contribution in [-0.2, 0) is 0 Å². The largest absolute Gasteiger partial charge is 0.472 e. The Bertz CT molecular complexity index is 544. The highest BCUT2D eigenvalue weighted by molar-refractivity contribution is 14.1. The quantitative estimate of drug-likeness (QED) is 0.748. The standard InChI is InChI=1S/C13H12ClIN2O/c1-10(15)7-9-18-13-6-8-17(16-13)12-4-2-11(14)3-5-12/h2-8H,9H2,1H3. The minimum Gasteiger partial charge on any atom is -0.472 e. The summed E-state index contributed by atoms with van der Waals surface area (Å²) in [5, 5.41) is 5.04. The summed E-state index contributed by atoms with van der Waals surface area (Å²) in [4.78, 5) is 0. The molecule has 2 aromatic rings. The van der Waals surface area contributed by atoms with Gasteiger partial charge in [0.2, 0.25) is 5.88 Å². The zero-order valence-electron chi connectivity index (χ0n) is 9.81. The molecule has 1 aromatic heterocycles. The maximum Gasteiger partial charge on any atom is 0.233 e. The lowest BCUT2D eigenvalue weighted by atomic mass is 10.3. The van der Waals surface area contributed by atoms with E-state index in [4.69, 9.17) is 16.3 Å². The van der Waals surface area contributed by atoms with Crippen LogP contribution in [0.15, 0.2) is 46.2 Å². The number of aromatic nitrogens is 2. The number of hydrogen-bond acceptors (Lipinski definition) is 2. The van der Waals surface area contributed by atoms with Crippen LogP contribution in [0.3, 0.4) is 0 Å². The Morgan fingerprint density at radius 1 is 1.39 bits per heavy atom. The molecule has 5 heteroatoms. The van der Waals surface area contributed by atoms with E-state index in [0.717, 1.165) is 5.69 Å². The molecule has 18 heavy (non-hydrogen) atoms. The fraction of sp³-hybridized carbons (Fsp3) is 0.154. The van der Waals surface area contributed by atoms with Crippen molar-refractivity contribution in [3.8, 4) is 11.6 Å². The van der Waals surface area contributed by atoms with Crippen LogP contribution in [0.4, 0.5) is 0 Å². The average molecular weight is 375 g/mol. The Kier molecular flexibility index (Phi) is 4.66. The molecule has 0 radical (unpaired) electrons. The van der Waals surface area contributed by atoms with Gasteiger partial charge in [0.15, 0.2) is 0 Å². The van der Waals surface area contributed by atoms with Gasteiger partial charge in [0.05, 0.1) is 5.69 Å². The van der Waals surface area contributed by atoms with Gasteiger partial charge in [0.25, 0.3) is 0 Å². The molecule has 0 fully saturated rings. The van der Waals surface area contributed by atoms with E-state index < -0.39 is 0 Å². The summed E-state index contributed by atoms with van der Waals surface area (Å²) in [6.07, 6.45) is 3.86.